The molecule has 10 aromatic rings. The topological polar surface area (TPSA) is 173 Å². The second-order valence-electron chi connectivity index (χ2n) is 19.9. The minimum absolute atomic E-state index is 0.138. The third-order valence-electron chi connectivity index (χ3n) is 15.8. The van der Waals surface area contributed by atoms with Gasteiger partial charge in [0.05, 0.1) is 41.9 Å². The molecule has 0 atom stereocenters. The SMILES string of the molecule is Cc1c2ccc(c1C)-c1ccc(cc1)-c1cc([N+](=O)[O-])c(cc1[N+](=O)[O-])-c1ccc(cc1)-c1ccc(cc1)-c1c(C)c(C)c(c(C)c1C)-c1ccc(cc1)-c1cc([N+](=O)[O-])c(cc1[N+](=O)[O-])-c1ccc(cc1)-c1ccc-2cc1. The Morgan fingerprint density at radius 2 is 0.385 bits per heavy atom. The van der Waals surface area contributed by atoms with Gasteiger partial charge >= 0.3 is 0 Å². The monoisotopic (exact) mass is 1020 g/mol. The molecule has 0 fully saturated rings. The zero-order valence-electron chi connectivity index (χ0n) is 43.4. The van der Waals surface area contributed by atoms with E-state index < -0.39 is 19.7 Å². The molecule has 0 aliphatic heterocycles. The fourth-order valence-electron chi connectivity index (χ4n) is 11.3. The number of benzene rings is 10. The highest BCUT2D eigenvalue weighted by Gasteiger charge is 2.29. The Morgan fingerprint density at radius 3 is 0.577 bits per heavy atom. The van der Waals surface area contributed by atoms with E-state index in [9.17, 15) is 40.5 Å². The van der Waals surface area contributed by atoms with Gasteiger partial charge in [-0.05, 0) is 164 Å². The zero-order chi connectivity index (χ0) is 54.8. The molecule has 0 saturated carbocycles. The summed E-state index contributed by atoms with van der Waals surface area (Å²) < 4.78 is 0. The smallest absolute Gasteiger partial charge is 0.258 e. The molecular weight excluding hydrogens is 977 g/mol. The van der Waals surface area contributed by atoms with Crippen molar-refractivity contribution in [1.82, 2.24) is 0 Å². The predicted molar refractivity (Wildman–Crippen MR) is 309 cm³/mol. The Morgan fingerprint density at radius 1 is 0.218 bits per heavy atom. The zero-order valence-corrected chi connectivity index (χ0v) is 43.4. The van der Waals surface area contributed by atoms with E-state index in [1.165, 1.54) is 24.3 Å². The lowest BCUT2D eigenvalue weighted by molar-refractivity contribution is -0.388. The van der Waals surface area contributed by atoms with Crippen LogP contribution in [0.5, 0.6) is 0 Å². The maximum absolute atomic E-state index is 12.8. The molecule has 0 heterocycles. The molecule has 0 saturated heterocycles. The molecule has 0 aromatic heterocycles. The van der Waals surface area contributed by atoms with Crippen LogP contribution in [0.3, 0.4) is 0 Å². The number of hydrogen-bond donors (Lipinski definition) is 0. The third-order valence-corrected chi connectivity index (χ3v) is 15.8. The van der Waals surface area contributed by atoms with Gasteiger partial charge in [-0.25, -0.2) is 0 Å². The highest BCUT2D eigenvalue weighted by molar-refractivity contribution is 5.90. The first-order chi connectivity index (χ1) is 37.5. The molecule has 38 rings (SSSR count). The van der Waals surface area contributed by atoms with Gasteiger partial charge in [0.25, 0.3) is 22.7 Å². The Balaban J connectivity index is 1.04. The van der Waals surface area contributed by atoms with Gasteiger partial charge in [-0.15, -0.1) is 0 Å². The van der Waals surface area contributed by atoms with Crippen molar-refractivity contribution < 1.29 is 19.7 Å². The van der Waals surface area contributed by atoms with Gasteiger partial charge in [0, 0.05) is 24.3 Å². The number of nitro groups is 4. The van der Waals surface area contributed by atoms with Crippen LogP contribution in [0.15, 0.2) is 182 Å². The largest absolute Gasteiger partial charge is 0.278 e. The van der Waals surface area contributed by atoms with E-state index in [0.717, 1.165) is 100 Å². The van der Waals surface area contributed by atoms with Crippen molar-refractivity contribution in [2.45, 2.75) is 41.5 Å². The van der Waals surface area contributed by atoms with Crippen molar-refractivity contribution in [3.8, 4) is 111 Å². The molecular formula is C66H48N4O8. The van der Waals surface area contributed by atoms with E-state index >= 15 is 0 Å². The lowest BCUT2D eigenvalue weighted by Crippen LogP contribution is -2.00. The molecule has 0 radical (unpaired) electrons. The second-order valence-corrected chi connectivity index (χ2v) is 19.9. The number of nitrogens with zero attached hydrogens (tertiary/aromatic N) is 4. The van der Waals surface area contributed by atoms with Crippen molar-refractivity contribution in [3.63, 3.8) is 0 Å². The first kappa shape index (κ1) is 50.0. The maximum atomic E-state index is 12.8. The molecule has 10 aromatic carbocycles. The van der Waals surface area contributed by atoms with Crippen LogP contribution in [0.1, 0.15) is 33.4 Å². The summed E-state index contributed by atoms with van der Waals surface area (Å²) in [4.78, 5) is 49.0. The van der Waals surface area contributed by atoms with Gasteiger partial charge in [-0.2, -0.15) is 0 Å². The summed E-state index contributed by atoms with van der Waals surface area (Å²) in [6.07, 6.45) is 0. The molecule has 0 amide bonds. The minimum Gasteiger partial charge on any atom is -0.258 e. The molecule has 12 nitrogen and oxygen atoms in total. The van der Waals surface area contributed by atoms with Crippen molar-refractivity contribution in [3.05, 3.63) is 256 Å². The van der Waals surface area contributed by atoms with E-state index in [1.54, 1.807) is 48.5 Å². The quantitative estimate of drug-likeness (QED) is 0.124. The predicted octanol–water partition coefficient (Wildman–Crippen LogP) is 18.2. The van der Waals surface area contributed by atoms with E-state index in [1.807, 2.05) is 97.9 Å². The Hall–Kier alpha value is -10.2. The van der Waals surface area contributed by atoms with Crippen LogP contribution in [0.2, 0.25) is 0 Å². The van der Waals surface area contributed by atoms with Crippen molar-refractivity contribution >= 4 is 22.7 Å². The van der Waals surface area contributed by atoms with Gasteiger partial charge in [-0.3, -0.25) is 40.5 Å². The average Bonchev–Trinajstić information content (AvgIpc) is 3.52. The van der Waals surface area contributed by atoms with Crippen LogP contribution in [-0.4, -0.2) is 19.7 Å². The van der Waals surface area contributed by atoms with E-state index in [-0.39, 0.29) is 45.0 Å². The van der Waals surface area contributed by atoms with Crippen molar-refractivity contribution in [1.29, 1.82) is 0 Å². The van der Waals surface area contributed by atoms with Crippen LogP contribution in [0.4, 0.5) is 22.7 Å². The maximum Gasteiger partial charge on any atom is 0.278 e. The molecule has 20 bridgehead atoms. The lowest BCUT2D eigenvalue weighted by Gasteiger charge is -2.21. The standard InChI is InChI=1S/C66H48N4O8/c1-37-38(2)56-32-31-55(37)47-15-7-43(8-16-47)44-9-17-49(18-10-44)58-34-64(70(77)78)60(36-62(58)68(73)74)52-25-29-54(30-26-52)66-41(5)39(3)65(40(4)42(66)6)53-27-13-46(14-28-53)45-11-19-50(20-12-45)57-33-63(69(75)76)59(35-61(57)67(71)72)51-23-21-48(56)22-24-51/h7-36H,1-6H3. The third kappa shape index (κ3) is 8.64. The van der Waals surface area contributed by atoms with Crippen molar-refractivity contribution in [2.75, 3.05) is 0 Å². The molecule has 0 spiro atoms. The van der Waals surface area contributed by atoms with E-state index in [4.69, 9.17) is 0 Å². The summed E-state index contributed by atoms with van der Waals surface area (Å²) in [6, 6.07) is 54.5. The van der Waals surface area contributed by atoms with Gasteiger partial charge < -0.3 is 0 Å². The number of rotatable bonds is 4. The number of nitro benzene ring substituents is 4. The molecule has 78 heavy (non-hydrogen) atoms. The summed E-state index contributed by atoms with van der Waals surface area (Å²) in [5.74, 6) is 0. The minimum atomic E-state index is -0.497. The lowest BCUT2D eigenvalue weighted by atomic mass is 9.83. The Kier molecular flexibility index (Phi) is 12.5. The molecule has 0 unspecified atom stereocenters. The number of hydrogen-bond acceptors (Lipinski definition) is 8. The normalized spacial score (nSPS) is 11.4. The van der Waals surface area contributed by atoms with Crippen LogP contribution in [0.25, 0.3) is 111 Å². The van der Waals surface area contributed by atoms with Gasteiger partial charge in [-0.1, -0.05) is 158 Å². The van der Waals surface area contributed by atoms with Crippen LogP contribution < -0.4 is 0 Å². The molecule has 28 aliphatic rings. The highest BCUT2D eigenvalue weighted by Crippen LogP contribution is 2.46. The fraction of sp³-hybridized carbons (Fsp3) is 0.0909. The van der Waals surface area contributed by atoms with Gasteiger partial charge in [0.15, 0.2) is 0 Å². The Bertz CT molecular complexity index is 4120. The summed E-state index contributed by atoms with van der Waals surface area (Å²) in [6.45, 7) is 12.4. The average molecular weight is 1030 g/mol. The summed E-state index contributed by atoms with van der Waals surface area (Å²) >= 11 is 0. The van der Waals surface area contributed by atoms with Crippen LogP contribution in [-0.2, 0) is 0 Å². The van der Waals surface area contributed by atoms with Crippen molar-refractivity contribution in [2.24, 2.45) is 0 Å². The molecule has 0 N–H and O–H groups in total. The summed E-state index contributed by atoms with van der Waals surface area (Å²) in [5, 5.41) is 50.9. The second kappa shape index (κ2) is 19.5. The van der Waals surface area contributed by atoms with Gasteiger partial charge in [0.2, 0.25) is 0 Å². The summed E-state index contributed by atoms with van der Waals surface area (Å²) in [5.41, 5.74) is 19.2. The van der Waals surface area contributed by atoms with Crippen LogP contribution >= 0.6 is 0 Å². The summed E-state index contributed by atoms with van der Waals surface area (Å²) in [7, 11) is 0. The van der Waals surface area contributed by atoms with Gasteiger partial charge in [0.1, 0.15) is 0 Å². The fourth-order valence-corrected chi connectivity index (χ4v) is 11.3. The highest BCUT2D eigenvalue weighted by atomic mass is 16.6. The van der Waals surface area contributed by atoms with Crippen LogP contribution in [0, 0.1) is 82.0 Å². The van der Waals surface area contributed by atoms with E-state index in [0.29, 0.717) is 22.3 Å². The first-order valence-electron chi connectivity index (χ1n) is 25.3. The molecule has 380 valence electrons. The molecule has 28 aliphatic carbocycles. The first-order valence-corrected chi connectivity index (χ1v) is 25.3. The molecule has 12 heteroatoms. The Labute approximate surface area is 449 Å². The van der Waals surface area contributed by atoms with E-state index in [2.05, 4.69) is 52.8 Å².